The van der Waals surface area contributed by atoms with Gasteiger partial charge in [-0.25, -0.2) is 0 Å². The molecule has 0 spiro atoms. The number of aromatic amines is 1. The van der Waals surface area contributed by atoms with E-state index in [1.54, 1.807) is 0 Å². The van der Waals surface area contributed by atoms with Crippen LogP contribution in [0.3, 0.4) is 0 Å². The lowest BCUT2D eigenvalue weighted by Gasteiger charge is -2.02. The molecule has 1 aromatic heterocycles. The zero-order valence-electron chi connectivity index (χ0n) is 7.07. The van der Waals surface area contributed by atoms with E-state index in [1.165, 1.54) is 11.1 Å². The maximum Gasteiger partial charge on any atom is 0.0194 e. The van der Waals surface area contributed by atoms with Crippen molar-refractivity contribution in [1.29, 1.82) is 0 Å². The topological polar surface area (TPSA) is 41.8 Å². The molecule has 0 aliphatic heterocycles. The number of hydrogen-bond acceptors (Lipinski definition) is 1. The van der Waals surface area contributed by atoms with Crippen LogP contribution in [0.4, 0.5) is 0 Å². The predicted octanol–water partition coefficient (Wildman–Crippen LogP) is 1.60. The van der Waals surface area contributed by atoms with Crippen molar-refractivity contribution in [3.05, 3.63) is 29.6 Å². The first-order valence-corrected chi connectivity index (χ1v) is 3.69. The third-order valence-corrected chi connectivity index (χ3v) is 1.87. The van der Waals surface area contributed by atoms with Crippen LogP contribution >= 0.6 is 0 Å². The molecule has 2 nitrogen and oxygen atoms in total. The summed E-state index contributed by atoms with van der Waals surface area (Å²) in [6, 6.07) is 0. The monoisotopic (exact) mass is 150 g/mol. The summed E-state index contributed by atoms with van der Waals surface area (Å²) in [6.07, 6.45) is 1.98. The average Bonchev–Trinajstić information content (AvgIpc) is 2.30. The van der Waals surface area contributed by atoms with Gasteiger partial charge >= 0.3 is 0 Å². The molecule has 0 aliphatic rings. The zero-order chi connectivity index (χ0) is 8.43. The van der Waals surface area contributed by atoms with Crippen molar-refractivity contribution in [3.8, 4) is 0 Å². The minimum absolute atomic E-state index is 0.527. The fraction of sp³-hybridized carbons (Fsp3) is 0.333. The van der Waals surface area contributed by atoms with Crippen molar-refractivity contribution < 1.29 is 0 Å². The molecule has 11 heavy (non-hydrogen) atoms. The van der Waals surface area contributed by atoms with Crippen molar-refractivity contribution >= 4 is 5.57 Å². The van der Waals surface area contributed by atoms with E-state index in [9.17, 15) is 0 Å². The Bertz CT molecular complexity index is 252. The van der Waals surface area contributed by atoms with Gasteiger partial charge < -0.3 is 10.7 Å². The SMILES string of the molecule is C=C(CN)c1c(C)c[nH]c1C. The molecule has 1 heterocycles. The van der Waals surface area contributed by atoms with Gasteiger partial charge in [0.15, 0.2) is 0 Å². The summed E-state index contributed by atoms with van der Waals surface area (Å²) in [4.78, 5) is 3.14. The highest BCUT2D eigenvalue weighted by Crippen LogP contribution is 2.19. The fourth-order valence-electron chi connectivity index (χ4n) is 1.30. The van der Waals surface area contributed by atoms with E-state index in [0.29, 0.717) is 6.54 Å². The molecule has 0 radical (unpaired) electrons. The van der Waals surface area contributed by atoms with Crippen molar-refractivity contribution in [2.75, 3.05) is 6.54 Å². The number of rotatable bonds is 2. The standard InChI is InChI=1S/C9H14N2/c1-6(4-10)9-7(2)5-11-8(9)3/h5,11H,1,4,10H2,2-3H3. The van der Waals surface area contributed by atoms with Crippen LogP contribution in [0.5, 0.6) is 0 Å². The molecule has 0 fully saturated rings. The highest BCUT2D eigenvalue weighted by atomic mass is 14.7. The van der Waals surface area contributed by atoms with Gasteiger partial charge in [-0.2, -0.15) is 0 Å². The molecule has 0 saturated carbocycles. The number of nitrogens with two attached hydrogens (primary N) is 1. The Kier molecular flexibility index (Phi) is 2.15. The zero-order valence-corrected chi connectivity index (χ0v) is 7.07. The Balaban J connectivity index is 3.10. The lowest BCUT2D eigenvalue weighted by Crippen LogP contribution is -2.02. The van der Waals surface area contributed by atoms with Gasteiger partial charge in [-0.15, -0.1) is 0 Å². The molecule has 0 atom stereocenters. The third kappa shape index (κ3) is 1.35. The van der Waals surface area contributed by atoms with Crippen LogP contribution in [0.15, 0.2) is 12.8 Å². The molecule has 2 heteroatoms. The molecule has 1 rings (SSSR count). The molecular formula is C9H14N2. The number of aryl methyl sites for hydroxylation is 2. The highest BCUT2D eigenvalue weighted by Gasteiger charge is 2.05. The minimum atomic E-state index is 0.527. The number of H-pyrrole nitrogens is 1. The van der Waals surface area contributed by atoms with Gasteiger partial charge in [0.1, 0.15) is 0 Å². The van der Waals surface area contributed by atoms with Crippen LogP contribution in [0.1, 0.15) is 16.8 Å². The quantitative estimate of drug-likeness (QED) is 0.660. The lowest BCUT2D eigenvalue weighted by atomic mass is 10.0. The van der Waals surface area contributed by atoms with Crippen LogP contribution < -0.4 is 5.73 Å². The van der Waals surface area contributed by atoms with Crippen LogP contribution in [0.2, 0.25) is 0 Å². The minimum Gasteiger partial charge on any atom is -0.364 e. The average molecular weight is 150 g/mol. The molecule has 1 aromatic rings. The normalized spacial score (nSPS) is 10.1. The largest absolute Gasteiger partial charge is 0.364 e. The molecular weight excluding hydrogens is 136 g/mol. The molecule has 0 aromatic carbocycles. The molecule has 3 N–H and O–H groups in total. The Morgan fingerprint density at radius 3 is 2.64 bits per heavy atom. The van der Waals surface area contributed by atoms with Crippen molar-refractivity contribution in [2.45, 2.75) is 13.8 Å². The lowest BCUT2D eigenvalue weighted by molar-refractivity contribution is 1.22. The maximum absolute atomic E-state index is 5.49. The van der Waals surface area contributed by atoms with Gasteiger partial charge in [-0.1, -0.05) is 6.58 Å². The molecule has 60 valence electrons. The Hall–Kier alpha value is -1.02. The smallest absolute Gasteiger partial charge is 0.0194 e. The van der Waals surface area contributed by atoms with E-state index in [1.807, 2.05) is 13.1 Å². The number of nitrogens with one attached hydrogen (secondary N) is 1. The summed E-state index contributed by atoms with van der Waals surface area (Å²) in [5.41, 5.74) is 10.0. The Morgan fingerprint density at radius 2 is 2.27 bits per heavy atom. The van der Waals surface area contributed by atoms with Crippen molar-refractivity contribution in [3.63, 3.8) is 0 Å². The van der Waals surface area contributed by atoms with Gasteiger partial charge in [0, 0.05) is 24.0 Å². The molecule has 0 amide bonds. The van der Waals surface area contributed by atoms with Crippen LogP contribution in [0, 0.1) is 13.8 Å². The first kappa shape index (κ1) is 8.08. The second kappa shape index (κ2) is 2.93. The van der Waals surface area contributed by atoms with E-state index in [0.717, 1.165) is 11.3 Å². The first-order chi connectivity index (χ1) is 5.16. The van der Waals surface area contributed by atoms with E-state index >= 15 is 0 Å². The highest BCUT2D eigenvalue weighted by molar-refractivity contribution is 5.69. The van der Waals surface area contributed by atoms with E-state index in [2.05, 4.69) is 18.5 Å². The second-order valence-electron chi connectivity index (χ2n) is 2.78. The van der Waals surface area contributed by atoms with E-state index in [-0.39, 0.29) is 0 Å². The van der Waals surface area contributed by atoms with Crippen LogP contribution in [0.25, 0.3) is 5.57 Å². The van der Waals surface area contributed by atoms with Crippen molar-refractivity contribution in [1.82, 2.24) is 4.98 Å². The molecule has 0 unspecified atom stereocenters. The number of hydrogen-bond donors (Lipinski definition) is 2. The summed E-state index contributed by atoms with van der Waals surface area (Å²) in [5, 5.41) is 0. The maximum atomic E-state index is 5.49. The summed E-state index contributed by atoms with van der Waals surface area (Å²) in [7, 11) is 0. The van der Waals surface area contributed by atoms with Gasteiger partial charge in [0.05, 0.1) is 0 Å². The predicted molar refractivity (Wildman–Crippen MR) is 48.4 cm³/mol. The van der Waals surface area contributed by atoms with Crippen LogP contribution in [-0.2, 0) is 0 Å². The first-order valence-electron chi connectivity index (χ1n) is 3.69. The van der Waals surface area contributed by atoms with E-state index in [4.69, 9.17) is 5.73 Å². The van der Waals surface area contributed by atoms with Crippen LogP contribution in [-0.4, -0.2) is 11.5 Å². The summed E-state index contributed by atoms with van der Waals surface area (Å²) in [5.74, 6) is 0. The summed E-state index contributed by atoms with van der Waals surface area (Å²) in [6.45, 7) is 8.51. The molecule has 0 aliphatic carbocycles. The van der Waals surface area contributed by atoms with Gasteiger partial charge in [0.25, 0.3) is 0 Å². The summed E-state index contributed by atoms with van der Waals surface area (Å²) >= 11 is 0. The third-order valence-electron chi connectivity index (χ3n) is 1.87. The fourth-order valence-corrected chi connectivity index (χ4v) is 1.30. The number of aromatic nitrogens is 1. The second-order valence-corrected chi connectivity index (χ2v) is 2.78. The molecule has 0 bridgehead atoms. The Morgan fingerprint density at radius 1 is 1.64 bits per heavy atom. The van der Waals surface area contributed by atoms with Crippen molar-refractivity contribution in [2.24, 2.45) is 5.73 Å². The van der Waals surface area contributed by atoms with Gasteiger partial charge in [0.2, 0.25) is 0 Å². The molecule has 0 saturated heterocycles. The Labute approximate surface area is 67.1 Å². The summed E-state index contributed by atoms with van der Waals surface area (Å²) < 4.78 is 0. The van der Waals surface area contributed by atoms with Gasteiger partial charge in [-0.3, -0.25) is 0 Å². The van der Waals surface area contributed by atoms with E-state index < -0.39 is 0 Å². The van der Waals surface area contributed by atoms with Gasteiger partial charge in [-0.05, 0) is 25.0 Å².